The first-order valence-electron chi connectivity index (χ1n) is 6.05. The van der Waals surface area contributed by atoms with Gasteiger partial charge in [-0.25, -0.2) is 13.2 Å². The first kappa shape index (κ1) is 17.1. The van der Waals surface area contributed by atoms with Gasteiger partial charge in [0.1, 0.15) is 9.77 Å². The Morgan fingerprint density at radius 2 is 2.10 bits per heavy atom. The lowest BCUT2D eigenvalue weighted by molar-refractivity contribution is 0.0698. The molecule has 1 aromatic rings. The maximum atomic E-state index is 12.7. The number of carboxylic acids is 1. The molecule has 0 aliphatic carbocycles. The zero-order chi connectivity index (χ0) is 15.5. The molecule has 0 amide bonds. The molecule has 0 fully saturated rings. The molecule has 0 saturated carbocycles. The SMILES string of the molecule is COCCN(C(C)C)S(=O)(=O)c1c(C)csc1C(=O)O. The summed E-state index contributed by atoms with van der Waals surface area (Å²) >= 11 is 0.927. The van der Waals surface area contributed by atoms with Crippen LogP contribution >= 0.6 is 11.3 Å². The van der Waals surface area contributed by atoms with Crippen molar-refractivity contribution >= 4 is 27.3 Å². The Hall–Kier alpha value is -0.960. The summed E-state index contributed by atoms with van der Waals surface area (Å²) in [5.74, 6) is -1.22. The van der Waals surface area contributed by atoms with Gasteiger partial charge in [0, 0.05) is 19.7 Å². The lowest BCUT2D eigenvalue weighted by atomic mass is 10.3. The van der Waals surface area contributed by atoms with Crippen LogP contribution in [0.5, 0.6) is 0 Å². The Balaban J connectivity index is 3.33. The summed E-state index contributed by atoms with van der Waals surface area (Å²) in [6, 6.07) is -0.281. The van der Waals surface area contributed by atoms with E-state index in [1.165, 1.54) is 11.4 Å². The van der Waals surface area contributed by atoms with Crippen LogP contribution in [0.4, 0.5) is 0 Å². The summed E-state index contributed by atoms with van der Waals surface area (Å²) in [4.78, 5) is 10.9. The molecule has 0 aliphatic heterocycles. The molecule has 0 bridgehead atoms. The van der Waals surface area contributed by atoms with Crippen LogP contribution in [0, 0.1) is 6.92 Å². The molecule has 1 heterocycles. The highest BCUT2D eigenvalue weighted by atomic mass is 32.2. The van der Waals surface area contributed by atoms with Crippen molar-refractivity contribution in [3.8, 4) is 0 Å². The number of ether oxygens (including phenoxy) is 1. The zero-order valence-corrected chi connectivity index (χ0v) is 13.5. The Morgan fingerprint density at radius 1 is 1.50 bits per heavy atom. The van der Waals surface area contributed by atoms with E-state index in [0.29, 0.717) is 5.56 Å². The molecule has 114 valence electrons. The average Bonchev–Trinajstić information content (AvgIpc) is 2.71. The molecule has 0 aromatic carbocycles. The fourth-order valence-corrected chi connectivity index (χ4v) is 5.06. The molecule has 20 heavy (non-hydrogen) atoms. The van der Waals surface area contributed by atoms with E-state index in [1.807, 2.05) is 0 Å². The number of carbonyl (C=O) groups is 1. The van der Waals surface area contributed by atoms with Crippen molar-refractivity contribution < 1.29 is 23.1 Å². The number of nitrogens with zero attached hydrogens (tertiary/aromatic N) is 1. The third kappa shape index (κ3) is 3.38. The van der Waals surface area contributed by atoms with Gasteiger partial charge < -0.3 is 9.84 Å². The number of sulfonamides is 1. The van der Waals surface area contributed by atoms with E-state index in [2.05, 4.69) is 0 Å². The quantitative estimate of drug-likeness (QED) is 0.828. The maximum Gasteiger partial charge on any atom is 0.347 e. The van der Waals surface area contributed by atoms with Crippen LogP contribution in [-0.4, -0.2) is 50.1 Å². The van der Waals surface area contributed by atoms with Gasteiger partial charge in [0.05, 0.1) is 6.61 Å². The minimum atomic E-state index is -3.85. The van der Waals surface area contributed by atoms with Crippen LogP contribution in [0.2, 0.25) is 0 Å². The van der Waals surface area contributed by atoms with Crippen LogP contribution in [0.1, 0.15) is 29.1 Å². The summed E-state index contributed by atoms with van der Waals surface area (Å²) in [5, 5.41) is 10.7. The molecule has 0 spiro atoms. The summed E-state index contributed by atoms with van der Waals surface area (Å²) in [6.07, 6.45) is 0. The van der Waals surface area contributed by atoms with Crippen molar-refractivity contribution in [2.24, 2.45) is 0 Å². The van der Waals surface area contributed by atoms with Crippen LogP contribution in [0.3, 0.4) is 0 Å². The molecule has 1 aromatic heterocycles. The Bertz CT molecular complexity index is 577. The largest absolute Gasteiger partial charge is 0.477 e. The lowest BCUT2D eigenvalue weighted by Crippen LogP contribution is -2.39. The zero-order valence-electron chi connectivity index (χ0n) is 11.9. The lowest BCUT2D eigenvalue weighted by Gasteiger charge is -2.25. The second-order valence-corrected chi connectivity index (χ2v) is 7.29. The molecule has 0 atom stereocenters. The minimum absolute atomic E-state index is 0.111. The number of aromatic carboxylic acids is 1. The van der Waals surface area contributed by atoms with Gasteiger partial charge in [-0.15, -0.1) is 11.3 Å². The molecular weight excluding hydrogens is 302 g/mol. The fourth-order valence-electron chi connectivity index (χ4n) is 1.86. The van der Waals surface area contributed by atoms with Crippen LogP contribution in [0.25, 0.3) is 0 Å². The minimum Gasteiger partial charge on any atom is -0.477 e. The van der Waals surface area contributed by atoms with Crippen LogP contribution in [-0.2, 0) is 14.8 Å². The predicted octanol–water partition coefficient (Wildman–Crippen LogP) is 1.80. The van der Waals surface area contributed by atoms with Gasteiger partial charge >= 0.3 is 5.97 Å². The normalized spacial score (nSPS) is 12.3. The second kappa shape index (κ2) is 6.66. The third-order valence-electron chi connectivity index (χ3n) is 2.77. The Kier molecular flexibility index (Phi) is 5.69. The molecule has 0 saturated heterocycles. The van der Waals surface area contributed by atoms with Crippen molar-refractivity contribution in [2.45, 2.75) is 31.7 Å². The van der Waals surface area contributed by atoms with Crippen LogP contribution < -0.4 is 0 Å². The standard InChI is InChI=1S/C12H19NO5S2/c1-8(2)13(5-6-18-4)20(16,17)11-9(3)7-19-10(11)12(14)15/h7-8H,5-6H2,1-4H3,(H,14,15). The monoisotopic (exact) mass is 321 g/mol. The van der Waals surface area contributed by atoms with Gasteiger partial charge in [0.15, 0.2) is 0 Å². The summed E-state index contributed by atoms with van der Waals surface area (Å²) in [7, 11) is -2.36. The van der Waals surface area contributed by atoms with Crippen molar-refractivity contribution in [2.75, 3.05) is 20.3 Å². The van der Waals surface area contributed by atoms with E-state index >= 15 is 0 Å². The number of methoxy groups -OCH3 is 1. The Labute approximate surface area is 123 Å². The average molecular weight is 321 g/mol. The first-order chi connectivity index (χ1) is 9.23. The Morgan fingerprint density at radius 3 is 2.55 bits per heavy atom. The summed E-state index contributed by atoms with van der Waals surface area (Å²) in [5.41, 5.74) is 0.454. The predicted molar refractivity (Wildman–Crippen MR) is 76.9 cm³/mol. The molecule has 0 unspecified atom stereocenters. The molecule has 0 aliphatic rings. The van der Waals surface area contributed by atoms with Gasteiger partial charge in [-0.05, 0) is 31.7 Å². The van der Waals surface area contributed by atoms with E-state index in [4.69, 9.17) is 9.84 Å². The number of thiophene rings is 1. The van der Waals surface area contributed by atoms with Crippen molar-refractivity contribution in [1.82, 2.24) is 4.31 Å². The van der Waals surface area contributed by atoms with E-state index < -0.39 is 16.0 Å². The summed E-state index contributed by atoms with van der Waals surface area (Å²) in [6.45, 7) is 5.53. The highest BCUT2D eigenvalue weighted by Gasteiger charge is 2.33. The van der Waals surface area contributed by atoms with E-state index in [0.717, 1.165) is 11.3 Å². The highest BCUT2D eigenvalue weighted by Crippen LogP contribution is 2.30. The fraction of sp³-hybridized carbons (Fsp3) is 0.583. The number of carboxylic acid groups (broad SMARTS) is 1. The smallest absolute Gasteiger partial charge is 0.347 e. The molecule has 1 N–H and O–H groups in total. The number of hydrogen-bond acceptors (Lipinski definition) is 5. The summed E-state index contributed by atoms with van der Waals surface area (Å²) < 4.78 is 31.6. The first-order valence-corrected chi connectivity index (χ1v) is 8.37. The molecule has 0 radical (unpaired) electrons. The molecule has 6 nitrogen and oxygen atoms in total. The molecule has 8 heteroatoms. The van der Waals surface area contributed by atoms with Gasteiger partial charge in [-0.1, -0.05) is 0 Å². The second-order valence-electron chi connectivity index (χ2n) is 4.58. The van der Waals surface area contributed by atoms with Gasteiger partial charge in [-0.3, -0.25) is 0 Å². The van der Waals surface area contributed by atoms with Crippen LogP contribution in [0.15, 0.2) is 10.3 Å². The van der Waals surface area contributed by atoms with Crippen molar-refractivity contribution in [3.63, 3.8) is 0 Å². The van der Waals surface area contributed by atoms with Gasteiger partial charge in [-0.2, -0.15) is 4.31 Å². The molecular formula is C12H19NO5S2. The van der Waals surface area contributed by atoms with Gasteiger partial charge in [0.25, 0.3) is 0 Å². The number of aryl methyl sites for hydroxylation is 1. The highest BCUT2D eigenvalue weighted by molar-refractivity contribution is 7.89. The maximum absolute atomic E-state index is 12.7. The number of rotatable bonds is 7. The van der Waals surface area contributed by atoms with E-state index in [1.54, 1.807) is 26.2 Å². The van der Waals surface area contributed by atoms with Crippen molar-refractivity contribution in [3.05, 3.63) is 15.8 Å². The molecule has 1 rings (SSSR count). The van der Waals surface area contributed by atoms with E-state index in [9.17, 15) is 13.2 Å². The van der Waals surface area contributed by atoms with Gasteiger partial charge in [0.2, 0.25) is 10.0 Å². The van der Waals surface area contributed by atoms with Crippen molar-refractivity contribution in [1.29, 1.82) is 0 Å². The number of hydrogen-bond donors (Lipinski definition) is 1. The van der Waals surface area contributed by atoms with E-state index in [-0.39, 0.29) is 29.0 Å². The third-order valence-corrected chi connectivity index (χ3v) is 6.25. The topological polar surface area (TPSA) is 83.9 Å².